The first-order valence-electron chi connectivity index (χ1n) is 9.86. The van der Waals surface area contributed by atoms with Crippen molar-refractivity contribution >= 4 is 40.7 Å². The van der Waals surface area contributed by atoms with Gasteiger partial charge in [-0.25, -0.2) is 0 Å². The predicted octanol–water partition coefficient (Wildman–Crippen LogP) is 4.35. The molecule has 1 aliphatic rings. The number of nitrogens with one attached hydrogen (secondary N) is 2. The maximum atomic E-state index is 12.2. The van der Waals surface area contributed by atoms with E-state index in [4.69, 9.17) is 0 Å². The van der Waals surface area contributed by atoms with Crippen molar-refractivity contribution in [1.29, 1.82) is 0 Å². The van der Waals surface area contributed by atoms with Gasteiger partial charge in [0.25, 0.3) is 0 Å². The van der Waals surface area contributed by atoms with Gasteiger partial charge in [-0.1, -0.05) is 18.2 Å². The molecule has 154 valence electrons. The highest BCUT2D eigenvalue weighted by atomic mass is 127. The summed E-state index contributed by atoms with van der Waals surface area (Å²) in [6, 6.07) is 7.07. The number of aliphatic imine (C=N–C) groups is 1. The van der Waals surface area contributed by atoms with Gasteiger partial charge in [-0.15, -0.1) is 24.0 Å². The van der Waals surface area contributed by atoms with Crippen molar-refractivity contribution in [3.05, 3.63) is 34.9 Å². The number of fused-ring (bicyclic) bond motifs is 1. The summed E-state index contributed by atoms with van der Waals surface area (Å²) in [5, 5.41) is 6.79. The van der Waals surface area contributed by atoms with Crippen molar-refractivity contribution in [2.24, 2.45) is 4.99 Å². The van der Waals surface area contributed by atoms with E-state index in [9.17, 15) is 4.21 Å². The molecule has 2 rings (SSSR count). The van der Waals surface area contributed by atoms with Gasteiger partial charge in [-0.05, 0) is 77.0 Å². The summed E-state index contributed by atoms with van der Waals surface area (Å²) in [6.45, 7) is 11.6. The van der Waals surface area contributed by atoms with Gasteiger partial charge >= 0.3 is 0 Å². The van der Waals surface area contributed by atoms with E-state index in [2.05, 4.69) is 47.7 Å². The fraction of sp³-hybridized carbons (Fsp3) is 0.667. The third kappa shape index (κ3) is 7.72. The SMILES string of the molecule is CCNC(=NCCS(=O)C(C)(C)C)NC(C)c1ccc2c(c1)CCCC2.I. The van der Waals surface area contributed by atoms with Gasteiger partial charge in [0.1, 0.15) is 0 Å². The van der Waals surface area contributed by atoms with Gasteiger partial charge in [0.05, 0.1) is 12.6 Å². The van der Waals surface area contributed by atoms with Crippen molar-refractivity contribution in [1.82, 2.24) is 10.6 Å². The molecule has 0 aliphatic heterocycles. The molecule has 2 N–H and O–H groups in total. The highest BCUT2D eigenvalue weighted by Crippen LogP contribution is 2.24. The molecular formula is C21H36IN3OS. The maximum Gasteiger partial charge on any atom is 0.191 e. The minimum atomic E-state index is -0.871. The van der Waals surface area contributed by atoms with Crippen LogP contribution < -0.4 is 10.6 Å². The molecule has 0 fully saturated rings. The molecule has 0 saturated heterocycles. The molecule has 0 heterocycles. The Morgan fingerprint density at radius 2 is 1.89 bits per heavy atom. The number of hydrogen-bond acceptors (Lipinski definition) is 2. The van der Waals surface area contributed by atoms with Crippen LogP contribution in [0.3, 0.4) is 0 Å². The lowest BCUT2D eigenvalue weighted by Gasteiger charge is -2.22. The van der Waals surface area contributed by atoms with Gasteiger partial charge in [0.15, 0.2) is 5.96 Å². The first-order chi connectivity index (χ1) is 12.3. The Morgan fingerprint density at radius 1 is 1.22 bits per heavy atom. The van der Waals surface area contributed by atoms with Crippen LogP contribution in [-0.4, -0.2) is 33.8 Å². The summed E-state index contributed by atoms with van der Waals surface area (Å²) >= 11 is 0. The fourth-order valence-corrected chi connectivity index (χ4v) is 4.05. The first kappa shape index (κ1) is 24.4. The summed E-state index contributed by atoms with van der Waals surface area (Å²) in [7, 11) is -0.871. The van der Waals surface area contributed by atoms with E-state index in [1.807, 2.05) is 20.8 Å². The number of guanidine groups is 1. The molecule has 1 aromatic rings. The summed E-state index contributed by atoms with van der Waals surface area (Å²) in [4.78, 5) is 4.62. The Bertz CT molecular complexity index is 655. The minimum absolute atomic E-state index is 0. The van der Waals surface area contributed by atoms with Crippen LogP contribution in [0.2, 0.25) is 0 Å². The number of aryl methyl sites for hydroxylation is 2. The quantitative estimate of drug-likeness (QED) is 0.344. The molecule has 0 aromatic heterocycles. The average molecular weight is 506 g/mol. The zero-order valence-electron chi connectivity index (χ0n) is 17.4. The maximum absolute atomic E-state index is 12.2. The smallest absolute Gasteiger partial charge is 0.191 e. The lowest BCUT2D eigenvalue weighted by molar-refractivity contribution is 0.647. The second kappa shape index (κ2) is 11.4. The highest BCUT2D eigenvalue weighted by molar-refractivity contribution is 14.0. The Kier molecular flexibility index (Phi) is 10.3. The van der Waals surface area contributed by atoms with Crippen LogP contribution in [0.25, 0.3) is 0 Å². The predicted molar refractivity (Wildman–Crippen MR) is 129 cm³/mol. The molecule has 1 aliphatic carbocycles. The molecule has 0 amide bonds. The number of rotatable bonds is 6. The molecule has 0 bridgehead atoms. The Labute approximate surface area is 184 Å². The zero-order valence-corrected chi connectivity index (χ0v) is 20.6. The van der Waals surface area contributed by atoms with Crippen LogP contribution in [0.15, 0.2) is 23.2 Å². The van der Waals surface area contributed by atoms with Crippen LogP contribution in [0.5, 0.6) is 0 Å². The standard InChI is InChI=1S/C21H35N3OS.HI/c1-6-22-20(23-13-14-26(25)21(3,4)5)24-16(2)18-12-11-17-9-7-8-10-19(17)15-18;/h11-12,15-16H,6-10,13-14H2,1-5H3,(H2,22,23,24);1H. The molecule has 27 heavy (non-hydrogen) atoms. The van der Waals surface area contributed by atoms with Gasteiger partial charge < -0.3 is 10.6 Å². The van der Waals surface area contributed by atoms with Crippen LogP contribution in [0.1, 0.15) is 70.2 Å². The Balaban J connectivity index is 0.00000364. The van der Waals surface area contributed by atoms with Crippen molar-refractivity contribution in [3.63, 3.8) is 0 Å². The third-order valence-electron chi connectivity index (χ3n) is 4.80. The van der Waals surface area contributed by atoms with Crippen LogP contribution in [0.4, 0.5) is 0 Å². The Morgan fingerprint density at radius 3 is 2.52 bits per heavy atom. The normalized spacial score (nSPS) is 16.7. The number of hydrogen-bond donors (Lipinski definition) is 2. The number of halogens is 1. The Hall–Kier alpha value is -0.630. The van der Waals surface area contributed by atoms with Gasteiger partial charge in [-0.2, -0.15) is 0 Å². The molecule has 0 spiro atoms. The minimum Gasteiger partial charge on any atom is -0.357 e. The molecule has 1 aromatic carbocycles. The van der Waals surface area contributed by atoms with E-state index in [-0.39, 0.29) is 34.8 Å². The number of nitrogens with zero attached hydrogens (tertiary/aromatic N) is 1. The largest absolute Gasteiger partial charge is 0.357 e. The molecule has 2 atom stereocenters. The van der Waals surface area contributed by atoms with E-state index in [0.717, 1.165) is 12.5 Å². The molecule has 0 radical (unpaired) electrons. The van der Waals surface area contributed by atoms with Crippen molar-refractivity contribution < 1.29 is 4.21 Å². The molecular weight excluding hydrogens is 469 g/mol. The van der Waals surface area contributed by atoms with E-state index < -0.39 is 10.8 Å². The summed E-state index contributed by atoms with van der Waals surface area (Å²) in [5.74, 6) is 1.39. The summed E-state index contributed by atoms with van der Waals surface area (Å²) in [5.41, 5.74) is 4.32. The van der Waals surface area contributed by atoms with E-state index in [1.165, 1.54) is 42.4 Å². The van der Waals surface area contributed by atoms with Gasteiger partial charge in [-0.3, -0.25) is 9.20 Å². The highest BCUT2D eigenvalue weighted by Gasteiger charge is 2.18. The molecule has 4 nitrogen and oxygen atoms in total. The first-order valence-corrected chi connectivity index (χ1v) is 11.2. The lowest BCUT2D eigenvalue weighted by Crippen LogP contribution is -2.39. The third-order valence-corrected chi connectivity index (χ3v) is 6.72. The van der Waals surface area contributed by atoms with Gasteiger partial charge in [0.2, 0.25) is 0 Å². The second-order valence-electron chi connectivity index (χ2n) is 8.02. The summed E-state index contributed by atoms with van der Waals surface area (Å²) < 4.78 is 12.0. The average Bonchev–Trinajstić information content (AvgIpc) is 2.60. The van der Waals surface area contributed by atoms with Crippen molar-refractivity contribution in [2.45, 2.75) is 71.1 Å². The molecule has 2 unspecified atom stereocenters. The van der Waals surface area contributed by atoms with Gasteiger partial charge in [0, 0.05) is 27.8 Å². The zero-order chi connectivity index (χ0) is 19.2. The number of benzene rings is 1. The molecule has 6 heteroatoms. The van der Waals surface area contributed by atoms with Crippen LogP contribution >= 0.6 is 24.0 Å². The van der Waals surface area contributed by atoms with E-state index in [0.29, 0.717) is 12.3 Å². The lowest BCUT2D eigenvalue weighted by atomic mass is 9.89. The fourth-order valence-electron chi connectivity index (χ4n) is 3.18. The van der Waals surface area contributed by atoms with E-state index in [1.54, 1.807) is 0 Å². The van der Waals surface area contributed by atoms with E-state index >= 15 is 0 Å². The van der Waals surface area contributed by atoms with Crippen molar-refractivity contribution in [2.75, 3.05) is 18.8 Å². The topological polar surface area (TPSA) is 53.5 Å². The van der Waals surface area contributed by atoms with Crippen LogP contribution in [0, 0.1) is 0 Å². The summed E-state index contributed by atoms with van der Waals surface area (Å²) in [6.07, 6.45) is 5.02. The van der Waals surface area contributed by atoms with Crippen molar-refractivity contribution in [3.8, 4) is 0 Å². The monoisotopic (exact) mass is 505 g/mol. The molecule has 0 saturated carbocycles. The second-order valence-corrected chi connectivity index (χ2v) is 10.3. The van der Waals surface area contributed by atoms with Crippen LogP contribution in [-0.2, 0) is 23.6 Å².